The van der Waals surface area contributed by atoms with Gasteiger partial charge in [-0.15, -0.1) is 0 Å². The number of hydrogen-bond acceptors (Lipinski definition) is 4. The second-order valence-corrected chi connectivity index (χ2v) is 10.0. The first-order chi connectivity index (χ1) is 16.2. The van der Waals surface area contributed by atoms with Gasteiger partial charge in [0.1, 0.15) is 5.82 Å². The molecule has 2 aliphatic heterocycles. The quantitative estimate of drug-likeness (QED) is 0.755. The van der Waals surface area contributed by atoms with Crippen LogP contribution in [0.25, 0.3) is 0 Å². The molecule has 0 radical (unpaired) electrons. The number of nitrogens with one attached hydrogen (secondary N) is 1. The van der Waals surface area contributed by atoms with E-state index in [1.807, 2.05) is 23.1 Å². The van der Waals surface area contributed by atoms with E-state index in [9.17, 15) is 9.59 Å². The van der Waals surface area contributed by atoms with E-state index in [1.54, 1.807) is 0 Å². The summed E-state index contributed by atoms with van der Waals surface area (Å²) in [6.45, 7) is 3.25. The third kappa shape index (κ3) is 5.21. The van der Waals surface area contributed by atoms with Gasteiger partial charge < -0.3 is 14.8 Å². The van der Waals surface area contributed by atoms with Crippen LogP contribution in [0.3, 0.4) is 0 Å². The number of fused-ring (bicyclic) bond motifs is 1. The predicted molar refractivity (Wildman–Crippen MR) is 129 cm³/mol. The number of likely N-dealkylation sites (tertiary alicyclic amines) is 1. The lowest BCUT2D eigenvalue weighted by Gasteiger charge is -2.39. The average molecular weight is 449 g/mol. The highest BCUT2D eigenvalue weighted by atomic mass is 16.2. The Bertz CT molecular complexity index is 1000. The number of piperidine rings is 1. The van der Waals surface area contributed by atoms with E-state index in [4.69, 9.17) is 4.98 Å². The average Bonchev–Trinajstić information content (AvgIpc) is 2.88. The molecule has 1 amide bonds. The van der Waals surface area contributed by atoms with Gasteiger partial charge in [0.05, 0.1) is 17.8 Å². The molecule has 2 aromatic rings. The first-order valence-corrected chi connectivity index (χ1v) is 12.8. The SMILES string of the molecule is O=C(CCc1ccccc1)N1CCc2nc(C3CCN(C4CCCCC4)CC3)[nH]c(=O)c2C1. The fourth-order valence-corrected chi connectivity index (χ4v) is 5.89. The van der Waals surface area contributed by atoms with Gasteiger partial charge in [0.15, 0.2) is 0 Å². The van der Waals surface area contributed by atoms with Crippen LogP contribution in [0.15, 0.2) is 35.1 Å². The smallest absolute Gasteiger partial charge is 0.256 e. The molecule has 176 valence electrons. The number of aromatic amines is 1. The van der Waals surface area contributed by atoms with Gasteiger partial charge >= 0.3 is 0 Å². The fourth-order valence-electron chi connectivity index (χ4n) is 5.89. The summed E-state index contributed by atoms with van der Waals surface area (Å²) in [5.41, 5.74) is 2.69. The number of H-pyrrole nitrogens is 1. The zero-order valence-corrected chi connectivity index (χ0v) is 19.6. The molecule has 1 saturated heterocycles. The summed E-state index contributed by atoms with van der Waals surface area (Å²) in [5, 5.41) is 0. The summed E-state index contributed by atoms with van der Waals surface area (Å²) in [6.07, 6.45) is 10.8. The largest absolute Gasteiger partial charge is 0.338 e. The molecule has 0 atom stereocenters. The predicted octanol–water partition coefficient (Wildman–Crippen LogP) is 3.80. The van der Waals surface area contributed by atoms with Crippen molar-refractivity contribution in [3.63, 3.8) is 0 Å². The second-order valence-electron chi connectivity index (χ2n) is 10.0. The van der Waals surface area contributed by atoms with Crippen LogP contribution in [0.2, 0.25) is 0 Å². The number of aromatic nitrogens is 2. The van der Waals surface area contributed by atoms with Crippen LogP contribution in [0.5, 0.6) is 0 Å². The number of nitrogens with zero attached hydrogens (tertiary/aromatic N) is 3. The lowest BCUT2D eigenvalue weighted by molar-refractivity contribution is -0.132. The van der Waals surface area contributed by atoms with Gasteiger partial charge in [-0.05, 0) is 50.8 Å². The van der Waals surface area contributed by atoms with E-state index in [1.165, 1.54) is 37.7 Å². The molecule has 1 aliphatic carbocycles. The molecule has 1 saturated carbocycles. The third-order valence-electron chi connectivity index (χ3n) is 7.92. The number of carbonyl (C=O) groups is 1. The van der Waals surface area contributed by atoms with Crippen molar-refractivity contribution in [3.8, 4) is 0 Å². The first kappa shape index (κ1) is 22.3. The van der Waals surface area contributed by atoms with Crippen LogP contribution in [0, 0.1) is 0 Å². The van der Waals surface area contributed by atoms with Crippen molar-refractivity contribution in [2.75, 3.05) is 19.6 Å². The Kier molecular flexibility index (Phi) is 6.91. The molecule has 2 fully saturated rings. The summed E-state index contributed by atoms with van der Waals surface area (Å²) in [7, 11) is 0. The highest BCUT2D eigenvalue weighted by molar-refractivity contribution is 5.76. The minimum Gasteiger partial charge on any atom is -0.338 e. The zero-order chi connectivity index (χ0) is 22.6. The summed E-state index contributed by atoms with van der Waals surface area (Å²) in [5.74, 6) is 1.32. The summed E-state index contributed by atoms with van der Waals surface area (Å²) < 4.78 is 0. The van der Waals surface area contributed by atoms with Gasteiger partial charge in [0.2, 0.25) is 5.91 Å². The van der Waals surface area contributed by atoms with E-state index >= 15 is 0 Å². The van der Waals surface area contributed by atoms with Crippen molar-refractivity contribution >= 4 is 5.91 Å². The minimum atomic E-state index is -0.0507. The normalized spacial score (nSPS) is 20.5. The van der Waals surface area contributed by atoms with Crippen LogP contribution in [-0.2, 0) is 24.2 Å². The van der Waals surface area contributed by atoms with Crippen molar-refractivity contribution < 1.29 is 4.79 Å². The Morgan fingerprint density at radius 2 is 1.76 bits per heavy atom. The molecule has 0 unspecified atom stereocenters. The topological polar surface area (TPSA) is 69.3 Å². The standard InChI is InChI=1S/C27H36N4O2/c32-25(12-11-20-7-3-1-4-8-20)31-18-15-24-23(19-31)27(33)29-26(28-24)21-13-16-30(17-14-21)22-9-5-2-6-10-22/h1,3-4,7-8,21-22H,2,5-6,9-19H2,(H,28,29,33). The number of amides is 1. The van der Waals surface area contributed by atoms with E-state index in [0.717, 1.165) is 49.9 Å². The Morgan fingerprint density at radius 1 is 1.00 bits per heavy atom. The Balaban J connectivity index is 1.19. The van der Waals surface area contributed by atoms with Gasteiger partial charge in [0.25, 0.3) is 5.56 Å². The number of rotatable bonds is 5. The molecule has 33 heavy (non-hydrogen) atoms. The van der Waals surface area contributed by atoms with E-state index in [-0.39, 0.29) is 11.5 Å². The van der Waals surface area contributed by atoms with Crippen molar-refractivity contribution in [1.82, 2.24) is 19.8 Å². The summed E-state index contributed by atoms with van der Waals surface area (Å²) in [6, 6.07) is 10.9. The Hall–Kier alpha value is -2.47. The number of aryl methyl sites for hydroxylation is 1. The van der Waals surface area contributed by atoms with Gasteiger partial charge in [-0.25, -0.2) is 4.98 Å². The highest BCUT2D eigenvalue weighted by Gasteiger charge is 2.30. The molecule has 3 heterocycles. The lowest BCUT2D eigenvalue weighted by atomic mass is 9.89. The molecular formula is C27H36N4O2. The van der Waals surface area contributed by atoms with Crippen molar-refractivity contribution in [3.05, 3.63) is 63.3 Å². The van der Waals surface area contributed by atoms with Crippen LogP contribution >= 0.6 is 0 Å². The highest BCUT2D eigenvalue weighted by Crippen LogP contribution is 2.31. The Labute approximate surface area is 196 Å². The molecule has 0 bridgehead atoms. The van der Waals surface area contributed by atoms with Crippen LogP contribution < -0.4 is 5.56 Å². The molecule has 1 aromatic heterocycles. The van der Waals surface area contributed by atoms with Crippen LogP contribution in [0.1, 0.15) is 79.9 Å². The van der Waals surface area contributed by atoms with Crippen LogP contribution in [0.4, 0.5) is 0 Å². The number of carbonyl (C=O) groups excluding carboxylic acids is 1. The first-order valence-electron chi connectivity index (χ1n) is 12.8. The summed E-state index contributed by atoms with van der Waals surface area (Å²) in [4.78, 5) is 38.2. The molecule has 1 aromatic carbocycles. The monoisotopic (exact) mass is 448 g/mol. The number of hydrogen-bond donors (Lipinski definition) is 1. The van der Waals surface area contributed by atoms with Gasteiger partial charge in [0, 0.05) is 31.3 Å². The van der Waals surface area contributed by atoms with E-state index < -0.39 is 0 Å². The fraction of sp³-hybridized carbons (Fsp3) is 0.593. The molecular weight excluding hydrogens is 412 g/mol. The molecule has 0 spiro atoms. The van der Waals surface area contributed by atoms with Crippen molar-refractivity contribution in [1.29, 1.82) is 0 Å². The molecule has 1 N–H and O–H groups in total. The molecule has 6 nitrogen and oxygen atoms in total. The van der Waals surface area contributed by atoms with Crippen molar-refractivity contribution in [2.45, 2.75) is 82.7 Å². The maximum Gasteiger partial charge on any atom is 0.256 e. The lowest BCUT2D eigenvalue weighted by Crippen LogP contribution is -2.43. The van der Waals surface area contributed by atoms with Gasteiger partial charge in [-0.1, -0.05) is 49.6 Å². The maximum atomic E-state index is 12.9. The summed E-state index contributed by atoms with van der Waals surface area (Å²) >= 11 is 0. The van der Waals surface area contributed by atoms with E-state index in [2.05, 4.69) is 22.0 Å². The molecule has 3 aliphatic rings. The second kappa shape index (κ2) is 10.2. The third-order valence-corrected chi connectivity index (χ3v) is 7.92. The van der Waals surface area contributed by atoms with Crippen LogP contribution in [-0.4, -0.2) is 51.4 Å². The zero-order valence-electron chi connectivity index (χ0n) is 19.6. The minimum absolute atomic E-state index is 0.0507. The van der Waals surface area contributed by atoms with E-state index in [0.29, 0.717) is 37.4 Å². The van der Waals surface area contributed by atoms with Gasteiger partial charge in [-0.2, -0.15) is 0 Å². The Morgan fingerprint density at radius 3 is 2.52 bits per heavy atom. The van der Waals surface area contributed by atoms with Gasteiger partial charge in [-0.3, -0.25) is 9.59 Å². The molecule has 5 rings (SSSR count). The molecule has 6 heteroatoms. The number of benzene rings is 1. The van der Waals surface area contributed by atoms with Crippen molar-refractivity contribution in [2.24, 2.45) is 0 Å². The maximum absolute atomic E-state index is 12.9.